The summed E-state index contributed by atoms with van der Waals surface area (Å²) in [6, 6.07) is 14.8. The normalized spacial score (nSPS) is 15.8. The highest BCUT2D eigenvalue weighted by molar-refractivity contribution is 5.94. The van der Waals surface area contributed by atoms with Crippen LogP contribution in [0.2, 0.25) is 0 Å². The highest BCUT2D eigenvalue weighted by Crippen LogP contribution is 2.31. The fourth-order valence-corrected chi connectivity index (χ4v) is 2.50. The Labute approximate surface area is 138 Å². The summed E-state index contributed by atoms with van der Waals surface area (Å²) in [7, 11) is 0. The first-order valence-electron chi connectivity index (χ1n) is 7.57. The van der Waals surface area contributed by atoms with Gasteiger partial charge in [0.2, 0.25) is 6.10 Å². The van der Waals surface area contributed by atoms with Crippen molar-refractivity contribution in [3.05, 3.63) is 67.3 Å². The lowest BCUT2D eigenvalue weighted by Gasteiger charge is -2.25. The number of amides is 1. The fourth-order valence-electron chi connectivity index (χ4n) is 2.50. The summed E-state index contributed by atoms with van der Waals surface area (Å²) < 4.78 is 13.2. The van der Waals surface area contributed by atoms with E-state index in [1.54, 1.807) is 18.6 Å². The number of imidazole rings is 1. The Balaban J connectivity index is 1.43. The van der Waals surface area contributed by atoms with Crippen LogP contribution in [0.15, 0.2) is 67.3 Å². The molecule has 1 unspecified atom stereocenters. The maximum absolute atomic E-state index is 12.4. The van der Waals surface area contributed by atoms with E-state index in [0.717, 1.165) is 5.69 Å². The van der Waals surface area contributed by atoms with E-state index in [0.29, 0.717) is 17.2 Å². The van der Waals surface area contributed by atoms with Gasteiger partial charge >= 0.3 is 0 Å². The SMILES string of the molecule is O=C(Nc1ccc(-n2ccnc2)cc1)C1COc2ccccc2O1. The lowest BCUT2D eigenvalue weighted by Crippen LogP contribution is -2.40. The summed E-state index contributed by atoms with van der Waals surface area (Å²) in [6.45, 7) is 0.190. The predicted molar refractivity (Wildman–Crippen MR) is 88.5 cm³/mol. The minimum absolute atomic E-state index is 0.190. The first-order valence-corrected chi connectivity index (χ1v) is 7.57. The van der Waals surface area contributed by atoms with Crippen molar-refractivity contribution in [1.82, 2.24) is 9.55 Å². The molecule has 120 valence electrons. The minimum Gasteiger partial charge on any atom is -0.485 e. The average Bonchev–Trinajstić information content (AvgIpc) is 3.16. The molecule has 6 nitrogen and oxygen atoms in total. The van der Waals surface area contributed by atoms with E-state index in [4.69, 9.17) is 9.47 Å². The van der Waals surface area contributed by atoms with Crippen molar-refractivity contribution in [3.8, 4) is 17.2 Å². The van der Waals surface area contributed by atoms with Crippen LogP contribution in [-0.2, 0) is 4.79 Å². The van der Waals surface area contributed by atoms with Gasteiger partial charge in [0.15, 0.2) is 11.5 Å². The summed E-state index contributed by atoms with van der Waals surface area (Å²) in [5.74, 6) is 1.01. The van der Waals surface area contributed by atoms with Crippen LogP contribution >= 0.6 is 0 Å². The third-order valence-electron chi connectivity index (χ3n) is 3.74. The molecular weight excluding hydrogens is 306 g/mol. The van der Waals surface area contributed by atoms with Crippen LogP contribution in [0.3, 0.4) is 0 Å². The van der Waals surface area contributed by atoms with Gasteiger partial charge in [-0.05, 0) is 36.4 Å². The van der Waals surface area contributed by atoms with Crippen LogP contribution < -0.4 is 14.8 Å². The molecule has 4 rings (SSSR count). The zero-order chi connectivity index (χ0) is 16.4. The van der Waals surface area contributed by atoms with Crippen molar-refractivity contribution in [2.45, 2.75) is 6.10 Å². The maximum atomic E-state index is 12.4. The van der Waals surface area contributed by atoms with Gasteiger partial charge in [-0.25, -0.2) is 4.98 Å². The van der Waals surface area contributed by atoms with E-state index in [2.05, 4.69) is 10.3 Å². The van der Waals surface area contributed by atoms with Gasteiger partial charge in [0.25, 0.3) is 5.91 Å². The smallest absolute Gasteiger partial charge is 0.269 e. The topological polar surface area (TPSA) is 65.4 Å². The first kappa shape index (κ1) is 14.3. The molecule has 24 heavy (non-hydrogen) atoms. The number of nitrogens with one attached hydrogen (secondary N) is 1. The molecule has 3 aromatic rings. The molecule has 0 spiro atoms. The minimum atomic E-state index is -0.673. The number of benzene rings is 2. The Morgan fingerprint density at radius 3 is 2.67 bits per heavy atom. The number of hydrogen-bond acceptors (Lipinski definition) is 4. The Morgan fingerprint density at radius 1 is 1.12 bits per heavy atom. The molecule has 0 bridgehead atoms. The molecule has 2 heterocycles. The van der Waals surface area contributed by atoms with Crippen LogP contribution in [0, 0.1) is 0 Å². The zero-order valence-corrected chi connectivity index (χ0v) is 12.8. The van der Waals surface area contributed by atoms with Crippen molar-refractivity contribution >= 4 is 11.6 Å². The molecule has 1 N–H and O–H groups in total. The van der Waals surface area contributed by atoms with Gasteiger partial charge in [-0.1, -0.05) is 12.1 Å². The Morgan fingerprint density at radius 2 is 1.92 bits per heavy atom. The van der Waals surface area contributed by atoms with Crippen LogP contribution in [0.1, 0.15) is 0 Å². The lowest BCUT2D eigenvalue weighted by molar-refractivity contribution is -0.125. The van der Waals surface area contributed by atoms with Gasteiger partial charge in [-0.2, -0.15) is 0 Å². The largest absolute Gasteiger partial charge is 0.485 e. The molecule has 0 saturated carbocycles. The van der Waals surface area contributed by atoms with Gasteiger partial charge in [0.05, 0.1) is 6.33 Å². The van der Waals surface area contributed by atoms with E-state index >= 15 is 0 Å². The summed E-state index contributed by atoms with van der Waals surface area (Å²) in [4.78, 5) is 16.4. The van der Waals surface area contributed by atoms with Gasteiger partial charge in [0.1, 0.15) is 6.61 Å². The second kappa shape index (κ2) is 6.08. The summed E-state index contributed by atoms with van der Waals surface area (Å²) >= 11 is 0. The van der Waals surface area contributed by atoms with E-state index in [9.17, 15) is 4.79 Å². The molecule has 2 aromatic carbocycles. The number of hydrogen-bond donors (Lipinski definition) is 1. The zero-order valence-electron chi connectivity index (χ0n) is 12.8. The first-order chi connectivity index (χ1) is 11.8. The average molecular weight is 321 g/mol. The van der Waals surface area contributed by atoms with Crippen LogP contribution in [0.4, 0.5) is 5.69 Å². The van der Waals surface area contributed by atoms with Crippen LogP contribution in [0.5, 0.6) is 11.5 Å². The van der Waals surface area contributed by atoms with Crippen LogP contribution in [0.25, 0.3) is 5.69 Å². The third-order valence-corrected chi connectivity index (χ3v) is 3.74. The maximum Gasteiger partial charge on any atom is 0.269 e. The second-order valence-electron chi connectivity index (χ2n) is 5.37. The number of carbonyl (C=O) groups is 1. The van der Waals surface area contributed by atoms with Crippen LogP contribution in [-0.4, -0.2) is 28.2 Å². The number of carbonyl (C=O) groups excluding carboxylic acids is 1. The number of anilines is 1. The number of fused-ring (bicyclic) bond motifs is 1. The van der Waals surface area contributed by atoms with Crippen molar-refractivity contribution in [2.24, 2.45) is 0 Å². The Kier molecular flexibility index (Phi) is 3.63. The fraction of sp³-hybridized carbons (Fsp3) is 0.111. The number of aromatic nitrogens is 2. The number of ether oxygens (including phenoxy) is 2. The molecule has 1 amide bonds. The molecule has 1 aromatic heterocycles. The van der Waals surface area contributed by atoms with E-state index in [1.807, 2.05) is 53.2 Å². The van der Waals surface area contributed by atoms with Gasteiger partial charge in [-0.3, -0.25) is 4.79 Å². The Hall–Kier alpha value is -3.28. The predicted octanol–water partition coefficient (Wildman–Crippen LogP) is 2.65. The third kappa shape index (κ3) is 2.81. The highest BCUT2D eigenvalue weighted by atomic mass is 16.6. The van der Waals surface area contributed by atoms with E-state index in [1.165, 1.54) is 0 Å². The summed E-state index contributed by atoms with van der Waals surface area (Å²) in [5, 5.41) is 2.85. The molecule has 0 fully saturated rings. The van der Waals surface area contributed by atoms with Crippen molar-refractivity contribution < 1.29 is 14.3 Å². The van der Waals surface area contributed by atoms with Gasteiger partial charge in [-0.15, -0.1) is 0 Å². The number of para-hydroxylation sites is 2. The molecule has 6 heteroatoms. The van der Waals surface area contributed by atoms with Crippen molar-refractivity contribution in [3.63, 3.8) is 0 Å². The molecular formula is C18H15N3O3. The standard InChI is InChI=1S/C18H15N3O3/c22-18(17-11-23-15-3-1-2-4-16(15)24-17)20-13-5-7-14(8-6-13)21-10-9-19-12-21/h1-10,12,17H,11H2,(H,20,22). The number of nitrogens with zero attached hydrogens (tertiary/aromatic N) is 2. The molecule has 0 aliphatic carbocycles. The molecule has 0 radical (unpaired) electrons. The summed E-state index contributed by atoms with van der Waals surface area (Å²) in [6.07, 6.45) is 4.62. The Bertz CT molecular complexity index is 844. The molecule has 1 aliphatic heterocycles. The van der Waals surface area contributed by atoms with Crippen molar-refractivity contribution in [1.29, 1.82) is 0 Å². The highest BCUT2D eigenvalue weighted by Gasteiger charge is 2.27. The molecule has 1 aliphatic rings. The summed E-state index contributed by atoms with van der Waals surface area (Å²) in [5.41, 5.74) is 1.67. The van der Waals surface area contributed by atoms with E-state index in [-0.39, 0.29) is 12.5 Å². The molecule has 0 saturated heterocycles. The van der Waals surface area contributed by atoms with Gasteiger partial charge < -0.3 is 19.4 Å². The number of rotatable bonds is 3. The quantitative estimate of drug-likeness (QED) is 0.805. The second-order valence-corrected chi connectivity index (χ2v) is 5.37. The monoisotopic (exact) mass is 321 g/mol. The lowest BCUT2D eigenvalue weighted by atomic mass is 10.2. The van der Waals surface area contributed by atoms with Crippen molar-refractivity contribution in [2.75, 3.05) is 11.9 Å². The van der Waals surface area contributed by atoms with Gasteiger partial charge in [0, 0.05) is 23.8 Å². The van der Waals surface area contributed by atoms with E-state index < -0.39 is 6.10 Å². The molecule has 1 atom stereocenters.